The van der Waals surface area contributed by atoms with Crippen molar-refractivity contribution in [2.75, 3.05) is 18.4 Å². The molecule has 38 heavy (non-hydrogen) atoms. The van der Waals surface area contributed by atoms with Crippen molar-refractivity contribution in [1.82, 2.24) is 10.3 Å². The summed E-state index contributed by atoms with van der Waals surface area (Å²) in [5.41, 5.74) is 6.26. The minimum atomic E-state index is -2.27. The van der Waals surface area contributed by atoms with Crippen molar-refractivity contribution in [3.8, 4) is 0 Å². The Morgan fingerprint density at radius 1 is 1.03 bits per heavy atom. The average molecular weight is 566 g/mol. The molecule has 0 bridgehead atoms. The van der Waals surface area contributed by atoms with Gasteiger partial charge in [-0.2, -0.15) is 11.8 Å². The van der Waals surface area contributed by atoms with Crippen molar-refractivity contribution in [3.63, 3.8) is 0 Å². The monoisotopic (exact) mass is 565 g/mol. The number of aromatic nitrogens is 1. The summed E-state index contributed by atoms with van der Waals surface area (Å²) in [4.78, 5) is 24.2. The fourth-order valence-corrected chi connectivity index (χ4v) is 5.96. The molecule has 6 N–H and O–H groups in total. The van der Waals surface area contributed by atoms with E-state index in [-0.39, 0.29) is 0 Å². The highest BCUT2D eigenvalue weighted by Gasteiger charge is 2.29. The fraction of sp³-hybridized carbons (Fsp3) is 0.519. The first-order chi connectivity index (χ1) is 18.3. The maximum atomic E-state index is 9.77. The third kappa shape index (κ3) is 9.13. The Bertz CT molecular complexity index is 1050. The normalized spacial score (nSPS) is 17.2. The van der Waals surface area contributed by atoms with Crippen LogP contribution in [-0.2, 0) is 34.7 Å². The number of halogens is 1. The Labute approximate surface area is 232 Å². The summed E-state index contributed by atoms with van der Waals surface area (Å²) < 4.78 is 0. The van der Waals surface area contributed by atoms with Crippen LogP contribution in [0.4, 0.5) is 5.69 Å². The van der Waals surface area contributed by atoms with E-state index in [4.69, 9.17) is 37.0 Å². The molecule has 1 aromatic heterocycles. The average Bonchev–Trinajstić information content (AvgIpc) is 3.18. The van der Waals surface area contributed by atoms with Crippen molar-refractivity contribution in [3.05, 3.63) is 57.9 Å². The topological polar surface area (TPSA) is 152 Å². The zero-order valence-corrected chi connectivity index (χ0v) is 22.8. The first kappa shape index (κ1) is 30.2. The van der Waals surface area contributed by atoms with Gasteiger partial charge in [-0.25, -0.2) is 9.59 Å². The third-order valence-corrected chi connectivity index (χ3v) is 8.38. The summed E-state index contributed by atoms with van der Waals surface area (Å²) in [6, 6.07) is 8.59. The number of hydrogen-bond acceptors (Lipinski definition) is 8. The molecule has 2 aromatic rings. The second-order valence-electron chi connectivity index (χ2n) is 9.46. The standard InChI is InChI=1S/C23H30ClN3S.C4H6O6/c24-22-9-7-18-10-12-25-13-11-21(18)23(22)27-15-17-6-8-19(26-14-17)16-28-20-4-2-1-3-5-20;5-1(3(7)8)2(6)4(9)10/h6-9,14,20,25,27H,1-5,10-13,15-16H2;1-2,5-6H,(H,7,8)(H,9,10). The number of aliphatic hydroxyl groups excluding tert-OH is 2. The lowest BCUT2D eigenvalue weighted by molar-refractivity contribution is -0.165. The summed E-state index contributed by atoms with van der Waals surface area (Å²) in [6.07, 6.45) is 6.55. The molecule has 9 nitrogen and oxygen atoms in total. The van der Waals surface area contributed by atoms with Crippen molar-refractivity contribution in [2.24, 2.45) is 0 Å². The summed E-state index contributed by atoms with van der Waals surface area (Å²) in [5, 5.41) is 41.2. The Morgan fingerprint density at radius 3 is 2.34 bits per heavy atom. The van der Waals surface area contributed by atoms with E-state index in [2.05, 4.69) is 40.6 Å². The Morgan fingerprint density at radius 2 is 1.71 bits per heavy atom. The van der Waals surface area contributed by atoms with E-state index in [1.54, 1.807) is 0 Å². The van der Waals surface area contributed by atoms with Crippen LogP contribution in [0.25, 0.3) is 0 Å². The molecule has 0 radical (unpaired) electrons. The summed E-state index contributed by atoms with van der Waals surface area (Å²) in [7, 11) is 0. The van der Waals surface area contributed by atoms with Gasteiger partial charge in [0, 0.05) is 23.7 Å². The molecule has 4 rings (SSSR count). The number of benzene rings is 1. The highest BCUT2D eigenvalue weighted by atomic mass is 35.5. The van der Waals surface area contributed by atoms with E-state index in [0.29, 0.717) is 0 Å². The largest absolute Gasteiger partial charge is 0.479 e. The molecule has 2 unspecified atom stereocenters. The van der Waals surface area contributed by atoms with Crippen LogP contribution in [0.3, 0.4) is 0 Å². The summed E-state index contributed by atoms with van der Waals surface area (Å²) >= 11 is 8.60. The molecule has 2 aliphatic rings. The first-order valence-electron chi connectivity index (χ1n) is 12.9. The SMILES string of the molecule is Clc1ccc2c(c1NCc1ccc(CSC3CCCCC3)nc1)CCNCC2.O=C(O)C(O)C(O)C(=O)O. The van der Waals surface area contributed by atoms with Gasteiger partial charge in [-0.1, -0.05) is 43.0 Å². The van der Waals surface area contributed by atoms with Crippen molar-refractivity contribution in [2.45, 2.75) is 74.7 Å². The Hall–Kier alpha value is -2.37. The van der Waals surface area contributed by atoms with Gasteiger partial charge < -0.3 is 31.1 Å². The molecule has 0 spiro atoms. The van der Waals surface area contributed by atoms with Crippen molar-refractivity contribution < 1.29 is 30.0 Å². The molecular weight excluding hydrogens is 530 g/mol. The van der Waals surface area contributed by atoms with Gasteiger partial charge in [-0.15, -0.1) is 0 Å². The van der Waals surface area contributed by atoms with Crippen molar-refractivity contribution in [1.29, 1.82) is 0 Å². The van der Waals surface area contributed by atoms with Gasteiger partial charge in [0.15, 0.2) is 12.2 Å². The maximum absolute atomic E-state index is 9.77. The highest BCUT2D eigenvalue weighted by molar-refractivity contribution is 7.99. The second-order valence-corrected chi connectivity index (χ2v) is 11.2. The van der Waals surface area contributed by atoms with Crippen LogP contribution in [0.15, 0.2) is 30.5 Å². The summed E-state index contributed by atoms with van der Waals surface area (Å²) in [5.74, 6) is -2.51. The lowest BCUT2D eigenvalue weighted by atomic mass is 10.0. The van der Waals surface area contributed by atoms with Crippen LogP contribution in [0, 0.1) is 0 Å². The van der Waals surface area contributed by atoms with E-state index in [1.165, 1.54) is 54.5 Å². The van der Waals surface area contributed by atoms with Crippen LogP contribution >= 0.6 is 23.4 Å². The molecular formula is C27H36ClN3O6S. The number of carbonyl (C=O) groups is 2. The Balaban J connectivity index is 0.000000342. The van der Waals surface area contributed by atoms with Crippen molar-refractivity contribution >= 4 is 41.0 Å². The van der Waals surface area contributed by atoms with E-state index >= 15 is 0 Å². The van der Waals surface area contributed by atoms with Gasteiger partial charge in [-0.05, 0) is 67.6 Å². The number of anilines is 1. The van der Waals surface area contributed by atoms with E-state index in [9.17, 15) is 9.59 Å². The molecule has 208 valence electrons. The minimum Gasteiger partial charge on any atom is -0.479 e. The molecule has 0 amide bonds. The van der Waals surface area contributed by atoms with Gasteiger partial charge in [-0.3, -0.25) is 4.98 Å². The van der Waals surface area contributed by atoms with Gasteiger partial charge in [0.2, 0.25) is 0 Å². The fourth-order valence-electron chi connectivity index (χ4n) is 4.48. The molecule has 1 aliphatic carbocycles. The number of aliphatic carboxylic acids is 2. The van der Waals surface area contributed by atoms with E-state index in [0.717, 1.165) is 54.2 Å². The van der Waals surface area contributed by atoms with Crippen LogP contribution in [0.1, 0.15) is 54.5 Å². The zero-order chi connectivity index (χ0) is 27.5. The minimum absolute atomic E-state index is 0.757. The van der Waals surface area contributed by atoms with Gasteiger partial charge in [0.1, 0.15) is 0 Å². The number of carboxylic acid groups (broad SMARTS) is 2. The van der Waals surface area contributed by atoms with Crippen LogP contribution < -0.4 is 10.6 Å². The molecule has 11 heteroatoms. The number of thioether (sulfide) groups is 1. The molecule has 2 atom stereocenters. The number of carboxylic acids is 2. The number of pyridine rings is 1. The summed E-state index contributed by atoms with van der Waals surface area (Å²) in [6.45, 7) is 2.81. The molecule has 1 aromatic carbocycles. The van der Waals surface area contributed by atoms with Crippen LogP contribution in [0.2, 0.25) is 5.02 Å². The van der Waals surface area contributed by atoms with Gasteiger partial charge in [0.05, 0.1) is 16.4 Å². The molecule has 1 saturated carbocycles. The molecule has 2 heterocycles. The zero-order valence-electron chi connectivity index (χ0n) is 21.2. The van der Waals surface area contributed by atoms with E-state index < -0.39 is 24.1 Å². The highest BCUT2D eigenvalue weighted by Crippen LogP contribution is 2.32. The number of hydrogen-bond donors (Lipinski definition) is 6. The smallest absolute Gasteiger partial charge is 0.335 e. The molecule has 1 fully saturated rings. The molecule has 0 saturated heterocycles. The predicted molar refractivity (Wildman–Crippen MR) is 149 cm³/mol. The lowest BCUT2D eigenvalue weighted by Gasteiger charge is -2.20. The number of aliphatic hydroxyl groups is 2. The lowest BCUT2D eigenvalue weighted by Crippen LogP contribution is -2.39. The quantitative estimate of drug-likeness (QED) is 0.266. The third-order valence-electron chi connectivity index (χ3n) is 6.66. The first-order valence-corrected chi connectivity index (χ1v) is 14.3. The van der Waals surface area contributed by atoms with E-state index in [1.807, 2.05) is 12.3 Å². The van der Waals surface area contributed by atoms with Crippen LogP contribution in [-0.4, -0.2) is 67.9 Å². The number of nitrogens with one attached hydrogen (secondary N) is 2. The Kier molecular flexibility index (Phi) is 12.1. The predicted octanol–water partition coefficient (Wildman–Crippen LogP) is 3.48. The van der Waals surface area contributed by atoms with Gasteiger partial charge >= 0.3 is 11.9 Å². The number of nitrogens with zero attached hydrogens (tertiary/aromatic N) is 1. The maximum Gasteiger partial charge on any atom is 0.335 e. The number of rotatable bonds is 9. The second kappa shape index (κ2) is 15.3. The van der Waals surface area contributed by atoms with Crippen LogP contribution in [0.5, 0.6) is 0 Å². The number of fused-ring (bicyclic) bond motifs is 1. The molecule has 1 aliphatic heterocycles. The van der Waals surface area contributed by atoms with Gasteiger partial charge in [0.25, 0.3) is 0 Å².